The maximum absolute atomic E-state index is 11.9. The summed E-state index contributed by atoms with van der Waals surface area (Å²) in [5.74, 6) is 12.2. The van der Waals surface area contributed by atoms with Crippen molar-refractivity contribution in [2.45, 2.75) is 135 Å². The Bertz CT molecular complexity index is 841. The number of phenols is 2. The maximum Gasteiger partial charge on any atom is 0.220 e. The van der Waals surface area contributed by atoms with Gasteiger partial charge in [0.15, 0.2) is 11.5 Å². The molecule has 206 valence electrons. The quantitative estimate of drug-likeness (QED) is 0.0888. The molecule has 37 heavy (non-hydrogen) atoms. The number of rotatable bonds is 21. The number of carbonyl (C=O) groups is 1. The van der Waals surface area contributed by atoms with Gasteiger partial charge in [-0.25, -0.2) is 0 Å². The number of unbranched alkanes of at least 4 members (excludes halogenated alkanes) is 16. The third kappa shape index (κ3) is 20.2. The molecular weight excluding hydrogens is 458 g/mol. The smallest absolute Gasteiger partial charge is 0.220 e. The van der Waals surface area contributed by atoms with Gasteiger partial charge in [0.05, 0.1) is 0 Å². The summed E-state index contributed by atoms with van der Waals surface area (Å²) in [6.45, 7) is 2.81. The van der Waals surface area contributed by atoms with Gasteiger partial charge in [0.1, 0.15) is 0 Å². The lowest BCUT2D eigenvalue weighted by Gasteiger charge is -2.06. The second kappa shape index (κ2) is 23.8. The fourth-order valence-electron chi connectivity index (χ4n) is 4.28. The highest BCUT2D eigenvalue weighted by molar-refractivity contribution is 5.75. The molecule has 0 radical (unpaired) electrons. The van der Waals surface area contributed by atoms with Crippen molar-refractivity contribution >= 4 is 5.91 Å². The third-order valence-corrected chi connectivity index (χ3v) is 6.63. The Kier molecular flexibility index (Phi) is 20.9. The van der Waals surface area contributed by atoms with Crippen LogP contribution in [0.4, 0.5) is 0 Å². The summed E-state index contributed by atoms with van der Waals surface area (Å²) >= 11 is 0. The molecule has 1 aromatic rings. The van der Waals surface area contributed by atoms with Crippen LogP contribution in [0.1, 0.15) is 134 Å². The zero-order valence-corrected chi connectivity index (χ0v) is 23.4. The van der Waals surface area contributed by atoms with Crippen molar-refractivity contribution in [1.29, 1.82) is 0 Å². The Morgan fingerprint density at radius 3 is 1.76 bits per heavy atom. The molecule has 0 unspecified atom stereocenters. The minimum absolute atomic E-state index is 0.0764. The zero-order valence-electron chi connectivity index (χ0n) is 23.4. The molecule has 1 aromatic carbocycles. The predicted octanol–water partition coefficient (Wildman–Crippen LogP) is 8.20. The molecule has 0 aromatic heterocycles. The van der Waals surface area contributed by atoms with Gasteiger partial charge >= 0.3 is 0 Å². The van der Waals surface area contributed by atoms with Crippen molar-refractivity contribution in [3.05, 3.63) is 23.8 Å². The molecule has 0 atom stereocenters. The molecule has 0 heterocycles. The van der Waals surface area contributed by atoms with Crippen LogP contribution in [-0.4, -0.2) is 22.7 Å². The largest absolute Gasteiger partial charge is 0.504 e. The molecule has 1 rings (SSSR count). The van der Waals surface area contributed by atoms with E-state index in [9.17, 15) is 15.0 Å². The van der Waals surface area contributed by atoms with Gasteiger partial charge in [-0.3, -0.25) is 4.79 Å². The first kappa shape index (κ1) is 32.4. The summed E-state index contributed by atoms with van der Waals surface area (Å²) in [7, 11) is 0. The normalized spacial score (nSPS) is 10.3. The van der Waals surface area contributed by atoms with Crippen LogP contribution in [0.5, 0.6) is 11.5 Å². The van der Waals surface area contributed by atoms with Crippen LogP contribution >= 0.6 is 0 Å². The molecule has 0 bridgehead atoms. The molecule has 4 nitrogen and oxygen atoms in total. The third-order valence-electron chi connectivity index (χ3n) is 6.63. The monoisotopic (exact) mass is 509 g/mol. The van der Waals surface area contributed by atoms with Gasteiger partial charge < -0.3 is 15.5 Å². The van der Waals surface area contributed by atoms with Crippen molar-refractivity contribution in [3.63, 3.8) is 0 Å². The molecule has 0 saturated carbocycles. The van der Waals surface area contributed by atoms with Gasteiger partial charge in [0.2, 0.25) is 5.91 Å². The minimum Gasteiger partial charge on any atom is -0.504 e. The van der Waals surface area contributed by atoms with Crippen molar-refractivity contribution in [2.24, 2.45) is 0 Å². The Hall–Kier alpha value is -2.59. The lowest BCUT2D eigenvalue weighted by molar-refractivity contribution is -0.121. The number of amides is 1. The minimum atomic E-state index is -0.126. The Morgan fingerprint density at radius 2 is 1.22 bits per heavy atom. The molecule has 1 amide bonds. The van der Waals surface area contributed by atoms with E-state index in [1.807, 2.05) is 0 Å². The molecular formula is C33H51NO3. The van der Waals surface area contributed by atoms with E-state index in [0.29, 0.717) is 19.4 Å². The highest BCUT2D eigenvalue weighted by Crippen LogP contribution is 2.24. The lowest BCUT2D eigenvalue weighted by Crippen LogP contribution is -2.25. The Morgan fingerprint density at radius 1 is 0.703 bits per heavy atom. The molecule has 0 spiro atoms. The van der Waals surface area contributed by atoms with Crippen LogP contribution in [-0.2, 0) is 11.2 Å². The van der Waals surface area contributed by atoms with E-state index in [4.69, 9.17) is 0 Å². The second-order valence-electron chi connectivity index (χ2n) is 10.1. The molecule has 0 saturated heterocycles. The molecule has 4 heteroatoms. The number of hydrogen-bond acceptors (Lipinski definition) is 3. The fourth-order valence-corrected chi connectivity index (χ4v) is 4.28. The van der Waals surface area contributed by atoms with Gasteiger partial charge in [0.25, 0.3) is 0 Å². The fraction of sp³-hybridized carbons (Fsp3) is 0.667. The summed E-state index contributed by atoms with van der Waals surface area (Å²) in [6, 6.07) is 4.74. The van der Waals surface area contributed by atoms with Gasteiger partial charge in [-0.05, 0) is 55.2 Å². The van der Waals surface area contributed by atoms with E-state index in [2.05, 4.69) is 35.9 Å². The number of hydrogen-bond donors (Lipinski definition) is 3. The summed E-state index contributed by atoms with van der Waals surface area (Å²) in [5, 5.41) is 21.7. The summed E-state index contributed by atoms with van der Waals surface area (Å²) in [5.41, 5.74) is 0.886. The standard InChI is InChI=1S/C33H51NO3/c1-2-3-4-5-6-7-8-9-10-11-12-13-14-15-16-17-18-19-20-21-22-23-24-33(37)34-28-27-30-25-26-31(35)32(36)29-30/h25-26,29,35-36H,2-12,17-24,27-28H2,1H3,(H,34,37). The summed E-state index contributed by atoms with van der Waals surface area (Å²) < 4.78 is 0. The van der Waals surface area contributed by atoms with Gasteiger partial charge in [-0.2, -0.15) is 0 Å². The van der Waals surface area contributed by atoms with Crippen molar-refractivity contribution in [1.82, 2.24) is 5.32 Å². The van der Waals surface area contributed by atoms with E-state index in [1.54, 1.807) is 6.07 Å². The van der Waals surface area contributed by atoms with E-state index in [0.717, 1.165) is 44.1 Å². The topological polar surface area (TPSA) is 69.6 Å². The van der Waals surface area contributed by atoms with E-state index in [1.165, 1.54) is 89.2 Å². The summed E-state index contributed by atoms with van der Waals surface area (Å²) in [4.78, 5) is 11.9. The van der Waals surface area contributed by atoms with E-state index < -0.39 is 0 Å². The molecule has 0 aliphatic carbocycles. The van der Waals surface area contributed by atoms with Crippen LogP contribution in [0.3, 0.4) is 0 Å². The Balaban J connectivity index is 1.85. The SMILES string of the molecule is CCCCCCCCCCCCC#CC#CCCCCCCCCC(=O)NCCc1ccc(O)c(O)c1. The first-order chi connectivity index (χ1) is 18.1. The van der Waals surface area contributed by atoms with Crippen molar-refractivity contribution in [3.8, 4) is 35.2 Å². The van der Waals surface area contributed by atoms with E-state index in [-0.39, 0.29) is 17.4 Å². The summed E-state index contributed by atoms with van der Waals surface area (Å²) in [6.07, 6.45) is 23.4. The average Bonchev–Trinajstić information content (AvgIpc) is 2.89. The number of nitrogens with one attached hydrogen (secondary N) is 1. The number of aromatic hydroxyl groups is 2. The molecule has 0 fully saturated rings. The van der Waals surface area contributed by atoms with Crippen molar-refractivity contribution < 1.29 is 15.0 Å². The predicted molar refractivity (Wildman–Crippen MR) is 155 cm³/mol. The maximum atomic E-state index is 11.9. The van der Waals surface area contributed by atoms with Crippen LogP contribution in [0.15, 0.2) is 18.2 Å². The second-order valence-corrected chi connectivity index (χ2v) is 10.1. The van der Waals surface area contributed by atoms with Crippen molar-refractivity contribution in [2.75, 3.05) is 6.54 Å². The highest BCUT2D eigenvalue weighted by Gasteiger charge is 2.03. The molecule has 0 aliphatic heterocycles. The van der Waals surface area contributed by atoms with Crippen LogP contribution in [0.2, 0.25) is 0 Å². The molecule has 3 N–H and O–H groups in total. The lowest BCUT2D eigenvalue weighted by atomic mass is 10.1. The first-order valence-electron chi connectivity index (χ1n) is 14.9. The van der Waals surface area contributed by atoms with Crippen LogP contribution in [0.25, 0.3) is 0 Å². The highest BCUT2D eigenvalue weighted by atomic mass is 16.3. The van der Waals surface area contributed by atoms with Gasteiger partial charge in [0, 0.05) is 25.8 Å². The van der Waals surface area contributed by atoms with Crippen LogP contribution in [0, 0.1) is 23.7 Å². The van der Waals surface area contributed by atoms with Gasteiger partial charge in [-0.15, -0.1) is 0 Å². The van der Waals surface area contributed by atoms with Crippen LogP contribution < -0.4 is 5.32 Å². The first-order valence-corrected chi connectivity index (χ1v) is 14.9. The molecule has 0 aliphatic rings. The number of phenolic OH excluding ortho intramolecular Hbond substituents is 2. The van der Waals surface area contributed by atoms with Gasteiger partial charge in [-0.1, -0.05) is 108 Å². The average molecular weight is 510 g/mol. The van der Waals surface area contributed by atoms with E-state index >= 15 is 0 Å². The Labute approximate surface area is 227 Å². The zero-order chi connectivity index (χ0) is 26.8. The number of carbonyl (C=O) groups excluding carboxylic acids is 1. The number of benzene rings is 1.